The third-order valence-corrected chi connectivity index (χ3v) is 11.9. The molecular weight excluding hydrogens is 669 g/mol. The third-order valence-electron chi connectivity index (χ3n) is 9.82. The highest BCUT2D eigenvalue weighted by Gasteiger charge is 2.33. The van der Waals surface area contributed by atoms with Crippen LogP contribution in [0.5, 0.6) is 0 Å². The second kappa shape index (κ2) is 11.2. The summed E-state index contributed by atoms with van der Waals surface area (Å²) in [6.07, 6.45) is 3.72. The SMILES string of the molecule is C/C(C#N)=C1/C(=C/c2cc3cc4c(cc3s2)c2cc3sc(/C=C5\C(=O)c6ccccc6C5=C(C#N)C#N)cc3cc2n4C)C(=O)c2ccccc21. The predicted octanol–water partition coefficient (Wildman–Crippen LogP) is 10.4. The zero-order valence-electron chi connectivity index (χ0n) is 27.2. The number of benzene rings is 4. The largest absolute Gasteiger partial charge is 0.344 e. The lowest BCUT2D eigenvalue weighted by atomic mass is 9.99. The molecule has 0 amide bonds. The van der Waals surface area contributed by atoms with Crippen molar-refractivity contribution >= 4 is 99.5 Å². The molecule has 0 fully saturated rings. The van der Waals surface area contributed by atoms with E-state index in [0.717, 1.165) is 57.3 Å². The van der Waals surface area contributed by atoms with Crippen LogP contribution in [0.3, 0.4) is 0 Å². The summed E-state index contributed by atoms with van der Waals surface area (Å²) in [5.74, 6) is -0.259. The number of aryl methyl sites for hydroxylation is 1. The van der Waals surface area contributed by atoms with E-state index in [2.05, 4.69) is 48.0 Å². The Hall–Kier alpha value is -6.63. The molecule has 0 spiro atoms. The van der Waals surface area contributed by atoms with Gasteiger partial charge in [-0.25, -0.2) is 0 Å². The molecule has 0 saturated carbocycles. The van der Waals surface area contributed by atoms with Crippen molar-refractivity contribution in [2.45, 2.75) is 6.92 Å². The molecule has 0 radical (unpaired) electrons. The van der Waals surface area contributed by atoms with Crippen LogP contribution >= 0.6 is 22.7 Å². The number of carbonyl (C=O) groups excluding carboxylic acids is 2. The topological polar surface area (TPSA) is 110 Å². The number of aromatic nitrogens is 1. The summed E-state index contributed by atoms with van der Waals surface area (Å²) in [5.41, 5.74) is 7.12. The van der Waals surface area contributed by atoms with Crippen LogP contribution in [0.15, 0.2) is 107 Å². The van der Waals surface area contributed by atoms with Gasteiger partial charge in [-0.05, 0) is 77.4 Å². The molecule has 0 aliphatic heterocycles. The third kappa shape index (κ3) is 4.43. The molecule has 51 heavy (non-hydrogen) atoms. The Balaban J connectivity index is 1.15. The van der Waals surface area contributed by atoms with E-state index in [4.69, 9.17) is 0 Å². The number of Topliss-reactive ketones (excluding diaryl/α,β-unsaturated/α-hetero) is 2. The summed E-state index contributed by atoms with van der Waals surface area (Å²) < 4.78 is 4.33. The fourth-order valence-corrected chi connectivity index (χ4v) is 9.54. The molecule has 3 heterocycles. The van der Waals surface area contributed by atoms with Gasteiger partial charge in [0.2, 0.25) is 0 Å². The highest BCUT2D eigenvalue weighted by Crippen LogP contribution is 2.44. The van der Waals surface area contributed by atoms with Gasteiger partial charge in [0.05, 0.1) is 6.07 Å². The van der Waals surface area contributed by atoms with Crippen molar-refractivity contribution in [3.8, 4) is 18.2 Å². The van der Waals surface area contributed by atoms with Gasteiger partial charge < -0.3 is 4.57 Å². The Kier molecular flexibility index (Phi) is 6.68. The maximum Gasteiger partial charge on any atom is 0.194 e. The molecule has 6 nitrogen and oxygen atoms in total. The molecule has 0 unspecified atom stereocenters. The zero-order valence-corrected chi connectivity index (χ0v) is 28.8. The van der Waals surface area contributed by atoms with Gasteiger partial charge in [-0.3, -0.25) is 9.59 Å². The van der Waals surface area contributed by atoms with Crippen LogP contribution in [0.2, 0.25) is 0 Å². The van der Waals surface area contributed by atoms with Crippen LogP contribution < -0.4 is 0 Å². The molecule has 0 bridgehead atoms. The molecule has 238 valence electrons. The van der Waals surface area contributed by atoms with Crippen molar-refractivity contribution in [2.75, 3.05) is 0 Å². The van der Waals surface area contributed by atoms with Crippen molar-refractivity contribution in [2.24, 2.45) is 7.05 Å². The van der Waals surface area contributed by atoms with Crippen LogP contribution in [0.4, 0.5) is 0 Å². The van der Waals surface area contributed by atoms with Gasteiger partial charge in [-0.2, -0.15) is 15.8 Å². The average molecular weight is 691 g/mol. The van der Waals surface area contributed by atoms with E-state index in [0.29, 0.717) is 44.6 Å². The maximum atomic E-state index is 13.5. The van der Waals surface area contributed by atoms with Crippen LogP contribution in [0.25, 0.3) is 65.3 Å². The molecule has 2 aliphatic rings. The van der Waals surface area contributed by atoms with Crippen molar-refractivity contribution in [3.63, 3.8) is 0 Å². The molecule has 9 rings (SSSR count). The monoisotopic (exact) mass is 690 g/mol. The quantitative estimate of drug-likeness (QED) is 0.132. The van der Waals surface area contributed by atoms with E-state index >= 15 is 0 Å². The Labute approximate surface area is 299 Å². The van der Waals surface area contributed by atoms with Gasteiger partial charge in [0, 0.05) is 87.0 Å². The minimum atomic E-state index is -0.193. The Morgan fingerprint density at radius 1 is 0.627 bits per heavy atom. The molecule has 7 aromatic rings. The first kappa shape index (κ1) is 30.4. The lowest BCUT2D eigenvalue weighted by Crippen LogP contribution is -1.95. The highest BCUT2D eigenvalue weighted by molar-refractivity contribution is 7.20. The van der Waals surface area contributed by atoms with Gasteiger partial charge in [-0.15, -0.1) is 22.7 Å². The van der Waals surface area contributed by atoms with E-state index in [1.54, 1.807) is 59.9 Å². The van der Waals surface area contributed by atoms with Crippen LogP contribution in [0, 0.1) is 34.0 Å². The van der Waals surface area contributed by atoms with E-state index in [1.165, 1.54) is 0 Å². The van der Waals surface area contributed by atoms with Gasteiger partial charge in [0.25, 0.3) is 0 Å². The average Bonchev–Trinajstić information content (AvgIpc) is 3.93. The zero-order chi connectivity index (χ0) is 35.1. The number of fused-ring (bicyclic) bond motifs is 7. The van der Waals surface area contributed by atoms with Gasteiger partial charge in [0.15, 0.2) is 11.6 Å². The smallest absolute Gasteiger partial charge is 0.194 e. The first-order valence-electron chi connectivity index (χ1n) is 16.1. The fourth-order valence-electron chi connectivity index (χ4n) is 7.48. The van der Waals surface area contributed by atoms with Crippen LogP contribution in [-0.4, -0.2) is 16.1 Å². The lowest BCUT2D eigenvalue weighted by molar-refractivity contribution is 0.103. The second-order valence-corrected chi connectivity index (χ2v) is 14.9. The standard InChI is InChI=1S/C43H22N4O2S2/c1-22(19-44)40-28-7-3-5-9-30(28)42(48)34(40)15-26-11-23-13-36-32(17-38(23)50-26)33-18-39-24(14-37(33)47(36)2)12-27(51-39)16-35-41(25(20-45)21-46)29-8-4-6-10-31(29)43(35)49/h3-18H,1-2H3/b34-15-,35-16-,40-22-. The Bertz CT molecular complexity index is 3050. The second-order valence-electron chi connectivity index (χ2n) is 12.6. The summed E-state index contributed by atoms with van der Waals surface area (Å²) in [4.78, 5) is 28.8. The first-order chi connectivity index (χ1) is 24.8. The van der Waals surface area contributed by atoms with E-state index in [9.17, 15) is 25.4 Å². The minimum absolute atomic E-state index is 0.0663. The summed E-state index contributed by atoms with van der Waals surface area (Å²) in [6.45, 7) is 1.76. The van der Waals surface area contributed by atoms with E-state index in [1.807, 2.05) is 48.5 Å². The molecule has 3 aromatic heterocycles. The number of ketones is 2. The molecule has 0 saturated heterocycles. The molecule has 0 atom stereocenters. The minimum Gasteiger partial charge on any atom is -0.344 e. The molecule has 8 heteroatoms. The first-order valence-corrected chi connectivity index (χ1v) is 17.7. The number of carbonyl (C=O) groups is 2. The Morgan fingerprint density at radius 2 is 1.08 bits per heavy atom. The summed E-state index contributed by atoms with van der Waals surface area (Å²) >= 11 is 3.18. The van der Waals surface area contributed by atoms with Crippen molar-refractivity contribution < 1.29 is 9.59 Å². The lowest BCUT2D eigenvalue weighted by Gasteiger charge is -2.02. The fraction of sp³-hybridized carbons (Fsp3) is 0.0465. The van der Waals surface area contributed by atoms with E-state index < -0.39 is 0 Å². The van der Waals surface area contributed by atoms with E-state index in [-0.39, 0.29) is 17.1 Å². The number of rotatable bonds is 2. The molecular formula is C43H22N4O2S2. The number of nitrogens with zero attached hydrogens (tertiary/aromatic N) is 4. The molecule has 0 N–H and O–H groups in total. The van der Waals surface area contributed by atoms with Crippen LogP contribution in [0.1, 0.15) is 48.5 Å². The van der Waals surface area contributed by atoms with Crippen molar-refractivity contribution in [1.82, 2.24) is 4.57 Å². The summed E-state index contributed by atoms with van der Waals surface area (Å²) in [7, 11) is 2.06. The summed E-state index contributed by atoms with van der Waals surface area (Å²) in [5, 5.41) is 33.5. The van der Waals surface area contributed by atoms with Gasteiger partial charge in [-0.1, -0.05) is 48.5 Å². The summed E-state index contributed by atoms with van der Waals surface area (Å²) in [6, 6.07) is 33.7. The van der Waals surface area contributed by atoms with Gasteiger partial charge in [0.1, 0.15) is 17.7 Å². The number of nitriles is 3. The highest BCUT2D eigenvalue weighted by atomic mass is 32.1. The number of hydrogen-bond acceptors (Lipinski definition) is 7. The Morgan fingerprint density at radius 3 is 1.55 bits per heavy atom. The predicted molar refractivity (Wildman–Crippen MR) is 205 cm³/mol. The normalized spacial score (nSPS) is 16.3. The molecule has 4 aromatic carbocycles. The van der Waals surface area contributed by atoms with Crippen LogP contribution in [-0.2, 0) is 7.05 Å². The number of allylic oxidation sites excluding steroid dienone is 6. The number of thiophene rings is 2. The van der Waals surface area contributed by atoms with Crippen molar-refractivity contribution in [1.29, 1.82) is 15.8 Å². The number of hydrogen-bond donors (Lipinski definition) is 0. The van der Waals surface area contributed by atoms with Crippen molar-refractivity contribution in [3.05, 3.63) is 139 Å². The maximum absolute atomic E-state index is 13.5. The molecule has 2 aliphatic carbocycles. The van der Waals surface area contributed by atoms with Gasteiger partial charge >= 0.3 is 0 Å².